The summed E-state index contributed by atoms with van der Waals surface area (Å²) in [6, 6.07) is 0. The van der Waals surface area contributed by atoms with Gasteiger partial charge in [-0.25, -0.2) is 0 Å². The third-order valence-corrected chi connectivity index (χ3v) is 2.26. The van der Waals surface area contributed by atoms with Gasteiger partial charge in [-0.05, 0) is 33.1 Å². The SMILES string of the molecule is CC(C)=CCOC1C=CCCCC1. The molecule has 0 aromatic rings. The molecular weight excluding hydrogens is 160 g/mol. The van der Waals surface area contributed by atoms with Crippen LogP contribution in [-0.2, 0) is 4.74 Å². The third-order valence-electron chi connectivity index (χ3n) is 2.26. The minimum Gasteiger partial charge on any atom is -0.370 e. The molecular formula is C12H20O. The maximum absolute atomic E-state index is 5.71. The lowest BCUT2D eigenvalue weighted by Crippen LogP contribution is -2.08. The molecule has 1 unspecified atom stereocenters. The molecule has 0 radical (unpaired) electrons. The third kappa shape index (κ3) is 4.89. The summed E-state index contributed by atoms with van der Waals surface area (Å²) >= 11 is 0. The lowest BCUT2D eigenvalue weighted by molar-refractivity contribution is 0.102. The second-order valence-corrected chi connectivity index (χ2v) is 3.87. The van der Waals surface area contributed by atoms with Gasteiger partial charge in [0.1, 0.15) is 0 Å². The van der Waals surface area contributed by atoms with E-state index in [9.17, 15) is 0 Å². The van der Waals surface area contributed by atoms with Gasteiger partial charge in [-0.15, -0.1) is 0 Å². The maximum Gasteiger partial charge on any atom is 0.0760 e. The Morgan fingerprint density at radius 1 is 1.46 bits per heavy atom. The molecule has 0 amide bonds. The van der Waals surface area contributed by atoms with E-state index < -0.39 is 0 Å². The zero-order chi connectivity index (χ0) is 9.52. The predicted octanol–water partition coefficient (Wildman–Crippen LogP) is 3.47. The fourth-order valence-electron chi connectivity index (χ4n) is 1.43. The van der Waals surface area contributed by atoms with Crippen LogP contribution in [-0.4, -0.2) is 12.7 Å². The van der Waals surface area contributed by atoms with Crippen LogP contribution in [0.4, 0.5) is 0 Å². The smallest absolute Gasteiger partial charge is 0.0760 e. The van der Waals surface area contributed by atoms with E-state index in [-0.39, 0.29) is 0 Å². The molecule has 1 heteroatoms. The van der Waals surface area contributed by atoms with E-state index >= 15 is 0 Å². The number of hydrogen-bond acceptors (Lipinski definition) is 1. The summed E-state index contributed by atoms with van der Waals surface area (Å²) in [5, 5.41) is 0. The van der Waals surface area contributed by atoms with Gasteiger partial charge < -0.3 is 4.74 Å². The van der Waals surface area contributed by atoms with Gasteiger partial charge in [0.15, 0.2) is 0 Å². The second kappa shape index (κ2) is 5.98. The van der Waals surface area contributed by atoms with Crippen molar-refractivity contribution in [2.24, 2.45) is 0 Å². The van der Waals surface area contributed by atoms with Gasteiger partial charge in [0.05, 0.1) is 12.7 Å². The van der Waals surface area contributed by atoms with Crippen molar-refractivity contribution in [2.45, 2.75) is 45.6 Å². The first-order valence-corrected chi connectivity index (χ1v) is 5.20. The van der Waals surface area contributed by atoms with Crippen LogP contribution >= 0.6 is 0 Å². The van der Waals surface area contributed by atoms with Gasteiger partial charge in [-0.1, -0.05) is 30.2 Å². The fourth-order valence-corrected chi connectivity index (χ4v) is 1.43. The van der Waals surface area contributed by atoms with Crippen LogP contribution in [0.25, 0.3) is 0 Å². The molecule has 0 aliphatic heterocycles. The van der Waals surface area contributed by atoms with Crippen LogP contribution in [0, 0.1) is 0 Å². The van der Waals surface area contributed by atoms with Gasteiger partial charge in [0.2, 0.25) is 0 Å². The van der Waals surface area contributed by atoms with E-state index in [2.05, 4.69) is 32.1 Å². The molecule has 0 saturated heterocycles. The van der Waals surface area contributed by atoms with Gasteiger partial charge in [-0.2, -0.15) is 0 Å². The zero-order valence-corrected chi connectivity index (χ0v) is 8.75. The Labute approximate surface area is 81.5 Å². The van der Waals surface area contributed by atoms with Crippen molar-refractivity contribution in [2.75, 3.05) is 6.61 Å². The highest BCUT2D eigenvalue weighted by molar-refractivity contribution is 4.95. The monoisotopic (exact) mass is 180 g/mol. The summed E-state index contributed by atoms with van der Waals surface area (Å²) in [6.45, 7) is 4.97. The Balaban J connectivity index is 2.23. The van der Waals surface area contributed by atoms with Gasteiger partial charge in [0.25, 0.3) is 0 Å². The van der Waals surface area contributed by atoms with E-state index in [0.29, 0.717) is 6.10 Å². The number of hydrogen-bond donors (Lipinski definition) is 0. The van der Waals surface area contributed by atoms with Crippen LogP contribution in [0.15, 0.2) is 23.8 Å². The number of rotatable bonds is 3. The van der Waals surface area contributed by atoms with Crippen LogP contribution < -0.4 is 0 Å². The Morgan fingerprint density at radius 3 is 3.08 bits per heavy atom. The first-order chi connectivity index (χ1) is 6.29. The molecule has 0 N–H and O–H groups in total. The summed E-state index contributed by atoms with van der Waals surface area (Å²) in [7, 11) is 0. The summed E-state index contributed by atoms with van der Waals surface area (Å²) in [6.07, 6.45) is 12.0. The van der Waals surface area contributed by atoms with E-state index in [0.717, 1.165) is 6.61 Å². The molecule has 0 fully saturated rings. The minimum atomic E-state index is 0.359. The molecule has 1 nitrogen and oxygen atoms in total. The molecule has 1 rings (SSSR count). The zero-order valence-electron chi connectivity index (χ0n) is 8.75. The van der Waals surface area contributed by atoms with Crippen LogP contribution in [0.5, 0.6) is 0 Å². The standard InChI is InChI=1S/C12H20O/c1-11(2)9-10-13-12-7-5-3-4-6-8-12/h5,7,9,12H,3-4,6,8,10H2,1-2H3. The molecule has 0 aromatic carbocycles. The average molecular weight is 180 g/mol. The fraction of sp³-hybridized carbons (Fsp3) is 0.667. The van der Waals surface area contributed by atoms with Crippen molar-refractivity contribution in [3.63, 3.8) is 0 Å². The molecule has 13 heavy (non-hydrogen) atoms. The van der Waals surface area contributed by atoms with Gasteiger partial charge in [0, 0.05) is 0 Å². The highest BCUT2D eigenvalue weighted by atomic mass is 16.5. The van der Waals surface area contributed by atoms with Crippen molar-refractivity contribution in [3.8, 4) is 0 Å². The molecule has 0 bridgehead atoms. The lowest BCUT2D eigenvalue weighted by atomic mass is 10.2. The van der Waals surface area contributed by atoms with Crippen molar-refractivity contribution in [1.29, 1.82) is 0 Å². The number of allylic oxidation sites excluding steroid dienone is 2. The highest BCUT2D eigenvalue weighted by Crippen LogP contribution is 2.13. The largest absolute Gasteiger partial charge is 0.370 e. The van der Waals surface area contributed by atoms with E-state index in [1.807, 2.05) is 0 Å². The summed E-state index contributed by atoms with van der Waals surface area (Å²) in [5.74, 6) is 0. The summed E-state index contributed by atoms with van der Waals surface area (Å²) < 4.78 is 5.71. The topological polar surface area (TPSA) is 9.23 Å². The quantitative estimate of drug-likeness (QED) is 0.604. The Kier molecular flexibility index (Phi) is 4.84. The van der Waals surface area contributed by atoms with Crippen LogP contribution in [0.1, 0.15) is 39.5 Å². The van der Waals surface area contributed by atoms with Gasteiger partial charge >= 0.3 is 0 Å². The van der Waals surface area contributed by atoms with E-state index in [1.54, 1.807) is 0 Å². The first-order valence-electron chi connectivity index (χ1n) is 5.20. The van der Waals surface area contributed by atoms with E-state index in [4.69, 9.17) is 4.74 Å². The Bertz CT molecular complexity index is 187. The molecule has 1 atom stereocenters. The molecule has 0 spiro atoms. The molecule has 0 aromatic heterocycles. The normalized spacial score (nSPS) is 22.5. The number of ether oxygens (including phenoxy) is 1. The highest BCUT2D eigenvalue weighted by Gasteiger charge is 2.06. The van der Waals surface area contributed by atoms with Crippen molar-refractivity contribution >= 4 is 0 Å². The van der Waals surface area contributed by atoms with Crippen LogP contribution in [0.3, 0.4) is 0 Å². The maximum atomic E-state index is 5.71. The second-order valence-electron chi connectivity index (χ2n) is 3.87. The average Bonchev–Trinajstić information content (AvgIpc) is 2.32. The van der Waals surface area contributed by atoms with Crippen molar-refractivity contribution in [3.05, 3.63) is 23.8 Å². The van der Waals surface area contributed by atoms with E-state index in [1.165, 1.54) is 31.3 Å². The van der Waals surface area contributed by atoms with Gasteiger partial charge in [-0.3, -0.25) is 0 Å². The molecule has 1 aliphatic rings. The summed E-state index contributed by atoms with van der Waals surface area (Å²) in [5.41, 5.74) is 1.33. The molecule has 1 aliphatic carbocycles. The molecule has 0 saturated carbocycles. The molecule has 74 valence electrons. The molecule has 0 heterocycles. The Hall–Kier alpha value is -0.560. The predicted molar refractivity (Wildman–Crippen MR) is 56.8 cm³/mol. The Morgan fingerprint density at radius 2 is 2.31 bits per heavy atom. The summed E-state index contributed by atoms with van der Waals surface area (Å²) in [4.78, 5) is 0. The van der Waals surface area contributed by atoms with Crippen molar-refractivity contribution in [1.82, 2.24) is 0 Å². The minimum absolute atomic E-state index is 0.359. The van der Waals surface area contributed by atoms with Crippen molar-refractivity contribution < 1.29 is 4.74 Å². The first kappa shape index (κ1) is 10.5. The lowest BCUT2D eigenvalue weighted by Gasteiger charge is -2.10. The van der Waals surface area contributed by atoms with Crippen LogP contribution in [0.2, 0.25) is 0 Å².